The number of ketones is 1. The van der Waals surface area contributed by atoms with E-state index in [0.717, 1.165) is 13.8 Å². The van der Waals surface area contributed by atoms with Gasteiger partial charge in [-0.2, -0.15) is 0 Å². The van der Waals surface area contributed by atoms with E-state index in [9.17, 15) is 39.3 Å². The predicted octanol–water partition coefficient (Wildman–Crippen LogP) is 2.17. The van der Waals surface area contributed by atoms with E-state index >= 15 is 4.79 Å². The highest BCUT2D eigenvalue weighted by atomic mass is 16.6. The molecule has 0 radical (unpaired) electrons. The molecule has 4 N–H and O–H groups in total. The molecule has 11 atom stereocenters. The number of nitrogens with zero attached hydrogens (tertiary/aromatic N) is 1. The lowest BCUT2D eigenvalue weighted by molar-refractivity contribution is -0.346. The molecule has 1 saturated heterocycles. The number of carbonyl (C=O) groups is 6. The summed E-state index contributed by atoms with van der Waals surface area (Å²) in [6, 6.07) is 8.60. The number of Topliss-reactive ketones (excluding diaryl/α,β-unsaturated/α-hetero) is 1. The Morgan fingerprint density at radius 1 is 0.966 bits per heavy atom. The Balaban J connectivity index is 1.56. The smallest absolute Gasteiger partial charge is 0.338 e. The van der Waals surface area contributed by atoms with Gasteiger partial charge in [0.2, 0.25) is 0 Å². The number of hydrogen-bond donors (Lipinski definition) is 4. The Morgan fingerprint density at radius 3 is 2.19 bits per heavy atom. The molecule has 3 aliphatic carbocycles. The minimum absolute atomic E-state index is 0.0138. The molecule has 1 aromatic heterocycles. The number of furan rings is 1. The van der Waals surface area contributed by atoms with E-state index in [0.29, 0.717) is 0 Å². The number of ether oxygens (including phenoxy) is 5. The number of urea groups is 1. The van der Waals surface area contributed by atoms with Crippen molar-refractivity contribution in [2.45, 2.75) is 108 Å². The highest BCUT2D eigenvalue weighted by Crippen LogP contribution is 2.64. The Bertz CT molecular complexity index is 2000. The molecule has 1 aliphatic heterocycles. The average molecular weight is 811 g/mol. The number of amides is 2. The quantitative estimate of drug-likeness (QED) is 0.161. The number of esters is 4. The van der Waals surface area contributed by atoms with Crippen LogP contribution >= 0.6 is 0 Å². The van der Waals surface area contributed by atoms with Crippen LogP contribution in [0.25, 0.3) is 0 Å². The second kappa shape index (κ2) is 15.3. The van der Waals surface area contributed by atoms with Crippen molar-refractivity contribution in [3.63, 3.8) is 0 Å². The van der Waals surface area contributed by atoms with Crippen LogP contribution in [-0.2, 0) is 42.9 Å². The molecule has 17 heteroatoms. The molecule has 0 spiro atoms. The number of aliphatic hydroxyl groups excluding tert-OH is 2. The fourth-order valence-corrected chi connectivity index (χ4v) is 9.40. The Hall–Kier alpha value is -5.10. The molecule has 2 aromatic rings. The lowest BCUT2D eigenvalue weighted by Crippen LogP contribution is -2.82. The van der Waals surface area contributed by atoms with Gasteiger partial charge >= 0.3 is 29.9 Å². The van der Waals surface area contributed by atoms with E-state index in [1.54, 1.807) is 32.0 Å². The molecule has 4 aliphatic rings. The van der Waals surface area contributed by atoms with Crippen molar-refractivity contribution in [3.8, 4) is 0 Å². The van der Waals surface area contributed by atoms with Crippen molar-refractivity contribution < 1.29 is 72.2 Å². The first-order valence-electron chi connectivity index (χ1n) is 18.9. The summed E-state index contributed by atoms with van der Waals surface area (Å²) >= 11 is 0. The molecule has 6 rings (SSSR count). The van der Waals surface area contributed by atoms with Gasteiger partial charge < -0.3 is 53.6 Å². The molecule has 58 heavy (non-hydrogen) atoms. The van der Waals surface area contributed by atoms with E-state index in [1.165, 1.54) is 63.4 Å². The lowest BCUT2D eigenvalue weighted by atomic mass is 9.44. The van der Waals surface area contributed by atoms with Crippen LogP contribution in [0.4, 0.5) is 4.79 Å². The van der Waals surface area contributed by atoms with Gasteiger partial charge in [0.25, 0.3) is 0 Å². The van der Waals surface area contributed by atoms with Crippen LogP contribution in [0.1, 0.15) is 76.5 Å². The molecule has 2 heterocycles. The van der Waals surface area contributed by atoms with E-state index in [-0.39, 0.29) is 35.5 Å². The summed E-state index contributed by atoms with van der Waals surface area (Å²) in [6.45, 7) is 7.89. The summed E-state index contributed by atoms with van der Waals surface area (Å²) < 4.78 is 35.4. The maximum Gasteiger partial charge on any atom is 0.338 e. The summed E-state index contributed by atoms with van der Waals surface area (Å²) in [6.07, 6.45) is -9.31. The molecule has 17 nitrogen and oxygen atoms in total. The first-order valence-corrected chi connectivity index (χ1v) is 18.9. The zero-order valence-electron chi connectivity index (χ0n) is 33.5. The third-order valence-corrected chi connectivity index (χ3v) is 12.5. The number of hydrogen-bond acceptors (Lipinski definition) is 15. The van der Waals surface area contributed by atoms with Crippen LogP contribution in [0.3, 0.4) is 0 Å². The van der Waals surface area contributed by atoms with Gasteiger partial charge in [-0.1, -0.05) is 32.0 Å². The van der Waals surface area contributed by atoms with Crippen LogP contribution < -0.4 is 5.32 Å². The number of rotatable bonds is 9. The fourth-order valence-electron chi connectivity index (χ4n) is 9.40. The maximum absolute atomic E-state index is 15.4. The monoisotopic (exact) mass is 810 g/mol. The van der Waals surface area contributed by atoms with Crippen LogP contribution in [0, 0.1) is 16.7 Å². The van der Waals surface area contributed by atoms with Gasteiger partial charge in [-0.05, 0) is 49.3 Å². The number of benzene rings is 1. The van der Waals surface area contributed by atoms with Gasteiger partial charge in [-0.25, -0.2) is 14.4 Å². The van der Waals surface area contributed by atoms with E-state index in [4.69, 9.17) is 28.1 Å². The number of nitrogens with one attached hydrogen (secondary N) is 1. The number of aliphatic hydroxyl groups is 3. The van der Waals surface area contributed by atoms with Gasteiger partial charge in [0.1, 0.15) is 35.7 Å². The van der Waals surface area contributed by atoms with Crippen molar-refractivity contribution in [1.82, 2.24) is 10.2 Å². The summed E-state index contributed by atoms with van der Waals surface area (Å²) in [4.78, 5) is 83.3. The summed E-state index contributed by atoms with van der Waals surface area (Å²) in [5.41, 5.74) is -7.67. The summed E-state index contributed by atoms with van der Waals surface area (Å²) in [5, 5.41) is 39.5. The van der Waals surface area contributed by atoms with Crippen LogP contribution in [0.5, 0.6) is 0 Å². The third-order valence-electron chi connectivity index (χ3n) is 12.5. The van der Waals surface area contributed by atoms with Gasteiger partial charge in [0, 0.05) is 46.2 Å². The Kier molecular flexibility index (Phi) is 11.2. The van der Waals surface area contributed by atoms with E-state index in [1.807, 2.05) is 0 Å². The van der Waals surface area contributed by atoms with Crippen molar-refractivity contribution in [1.29, 1.82) is 0 Å². The molecule has 1 unspecified atom stereocenters. The first kappa shape index (κ1) is 42.5. The topological polar surface area (TPSA) is 238 Å². The SMILES string of the molecule is CC(=O)O[C@H]1C(=O)[C@@]2(C)[C@H]([C@H](OC(=O)c3ccccc3)[C@]3(O)CC(OC(=O)[C@H](O)[C@@H](NC(=O)N(C)C)c4ccco4)C(C)=C1C3(C)C)[C@]1(OC(C)=O)CO[C@@H]1C[C@@H]2O. The second-order valence-electron chi connectivity index (χ2n) is 16.5. The average Bonchev–Trinajstić information content (AvgIpc) is 3.69. The fraction of sp³-hybridized carbons (Fsp3) is 0.561. The minimum atomic E-state index is -2.39. The van der Waals surface area contributed by atoms with Crippen molar-refractivity contribution >= 4 is 35.7 Å². The second-order valence-corrected chi connectivity index (χ2v) is 16.5. The molecular weight excluding hydrogens is 760 g/mol. The first-order chi connectivity index (χ1) is 27.1. The molecular formula is C41H50N2O15. The predicted molar refractivity (Wildman–Crippen MR) is 198 cm³/mol. The highest BCUT2D eigenvalue weighted by molar-refractivity contribution is 5.95. The lowest BCUT2D eigenvalue weighted by Gasteiger charge is -2.67. The maximum atomic E-state index is 15.4. The van der Waals surface area contributed by atoms with Crippen molar-refractivity contribution in [2.24, 2.45) is 16.7 Å². The number of carbonyl (C=O) groups excluding carboxylic acids is 6. The standard InChI is InChI=1S/C41H50N2O15/c1-20-25(56-36(50)30(47)29(24-15-12-16-53-24)42-37(51)43(7)8)18-41(52)34(57-35(49)23-13-10-9-11-14-23)32-39(6,26(46)17-27-40(32,19-54-27)58-22(3)45)33(48)31(55-21(2)44)28(20)38(41,4)5/h9-16,25-27,29-32,34,46-47,52H,17-19H2,1-8H3,(H,42,51)/t25?,26-,27+,29-,30+,31+,32-,34-,39+,40-,41+/m0/s1. The number of fused-ring (bicyclic) bond motifs is 5. The third kappa shape index (κ3) is 6.76. The van der Waals surface area contributed by atoms with Crippen LogP contribution in [0.2, 0.25) is 0 Å². The highest BCUT2D eigenvalue weighted by Gasteiger charge is 2.78. The van der Waals surface area contributed by atoms with E-state index in [2.05, 4.69) is 5.32 Å². The Morgan fingerprint density at radius 2 is 1.64 bits per heavy atom. The van der Waals surface area contributed by atoms with Crippen molar-refractivity contribution in [3.05, 3.63) is 71.2 Å². The van der Waals surface area contributed by atoms with Gasteiger partial charge in [0.05, 0.1) is 35.9 Å². The van der Waals surface area contributed by atoms with E-state index < -0.39 is 113 Å². The zero-order valence-corrected chi connectivity index (χ0v) is 33.5. The zero-order chi connectivity index (χ0) is 42.7. The van der Waals surface area contributed by atoms with Gasteiger partial charge in [-0.3, -0.25) is 14.4 Å². The normalized spacial score (nSPS) is 33.3. The largest absolute Gasteiger partial charge is 0.467 e. The molecule has 2 amide bonds. The summed E-state index contributed by atoms with van der Waals surface area (Å²) in [5.74, 6) is -6.31. The molecule has 314 valence electrons. The van der Waals surface area contributed by atoms with Gasteiger partial charge in [-0.15, -0.1) is 0 Å². The van der Waals surface area contributed by atoms with Crippen LogP contribution in [0.15, 0.2) is 64.3 Å². The minimum Gasteiger partial charge on any atom is -0.467 e. The molecule has 2 bridgehead atoms. The molecule has 3 fully saturated rings. The van der Waals surface area contributed by atoms with Crippen molar-refractivity contribution in [2.75, 3.05) is 20.7 Å². The Labute approximate surface area is 334 Å². The summed E-state index contributed by atoms with van der Waals surface area (Å²) in [7, 11) is 2.90. The molecule has 1 aromatic carbocycles. The van der Waals surface area contributed by atoms with Crippen LogP contribution in [-0.4, -0.2) is 124 Å². The molecule has 2 saturated carbocycles. The van der Waals surface area contributed by atoms with Gasteiger partial charge in [0.15, 0.2) is 23.6 Å².